The van der Waals surface area contributed by atoms with Crippen LogP contribution in [0.5, 0.6) is 11.5 Å². The van der Waals surface area contributed by atoms with Gasteiger partial charge < -0.3 is 14.8 Å². The Bertz CT molecular complexity index is 481. The number of benzene rings is 1. The van der Waals surface area contributed by atoms with Crippen molar-refractivity contribution in [1.82, 2.24) is 5.32 Å². The highest BCUT2D eigenvalue weighted by atomic mass is 79.9. The number of methoxy groups -OCH3 is 1. The van der Waals surface area contributed by atoms with Crippen molar-refractivity contribution in [1.29, 1.82) is 0 Å². The first-order chi connectivity index (χ1) is 9.23. The third-order valence-electron chi connectivity index (χ3n) is 2.51. The largest absolute Gasteiger partial charge is 0.496 e. The monoisotopic (exact) mass is 405 g/mol. The second kappa shape index (κ2) is 7.48. The predicted octanol–water partition coefficient (Wildman–Crippen LogP) is 4.54. The van der Waals surface area contributed by atoms with Gasteiger partial charge in [0.2, 0.25) is 0 Å². The minimum absolute atomic E-state index is 0.0761. The Morgan fingerprint density at radius 3 is 2.30 bits per heavy atom. The SMILES string of the molecule is C=C(CNC(C)(C)C)COc1cc(Br)c(OC)cc1Br. The average Bonchev–Trinajstić information content (AvgIpc) is 2.36. The molecule has 1 aromatic rings. The van der Waals surface area contributed by atoms with Crippen LogP contribution in [-0.2, 0) is 0 Å². The molecule has 1 N–H and O–H groups in total. The lowest BCUT2D eigenvalue weighted by molar-refractivity contribution is 0.338. The molecule has 0 aromatic heterocycles. The van der Waals surface area contributed by atoms with E-state index >= 15 is 0 Å². The van der Waals surface area contributed by atoms with Gasteiger partial charge in [-0.3, -0.25) is 0 Å². The quantitative estimate of drug-likeness (QED) is 0.703. The van der Waals surface area contributed by atoms with Crippen LogP contribution in [0.1, 0.15) is 20.8 Å². The van der Waals surface area contributed by atoms with Crippen LogP contribution >= 0.6 is 31.9 Å². The van der Waals surface area contributed by atoms with Gasteiger partial charge in [0.05, 0.1) is 16.1 Å². The maximum Gasteiger partial charge on any atom is 0.135 e. The van der Waals surface area contributed by atoms with Crippen molar-refractivity contribution < 1.29 is 9.47 Å². The highest BCUT2D eigenvalue weighted by Crippen LogP contribution is 2.36. The van der Waals surface area contributed by atoms with Crippen molar-refractivity contribution in [2.75, 3.05) is 20.3 Å². The summed E-state index contributed by atoms with van der Waals surface area (Å²) in [4.78, 5) is 0. The van der Waals surface area contributed by atoms with Gasteiger partial charge in [-0.15, -0.1) is 0 Å². The van der Waals surface area contributed by atoms with Gasteiger partial charge in [0.25, 0.3) is 0 Å². The number of nitrogens with one attached hydrogen (secondary N) is 1. The molecule has 0 aliphatic rings. The number of hydrogen-bond acceptors (Lipinski definition) is 3. The second-order valence-electron chi connectivity index (χ2n) is 5.56. The van der Waals surface area contributed by atoms with Gasteiger partial charge in [0.1, 0.15) is 18.1 Å². The first kappa shape index (κ1) is 17.5. The molecule has 0 amide bonds. The molecule has 0 aliphatic heterocycles. The summed E-state index contributed by atoms with van der Waals surface area (Å²) in [7, 11) is 1.63. The van der Waals surface area contributed by atoms with Gasteiger partial charge in [0, 0.05) is 12.1 Å². The molecule has 20 heavy (non-hydrogen) atoms. The molecule has 0 aliphatic carbocycles. The van der Waals surface area contributed by atoms with Gasteiger partial charge in [0.15, 0.2) is 0 Å². The molecular weight excluding hydrogens is 386 g/mol. The van der Waals surface area contributed by atoms with Gasteiger partial charge in [-0.25, -0.2) is 0 Å². The first-order valence-corrected chi connectivity index (χ1v) is 7.89. The Labute approximate surface area is 138 Å². The van der Waals surface area contributed by atoms with Crippen molar-refractivity contribution >= 4 is 31.9 Å². The Kier molecular flexibility index (Phi) is 6.55. The Morgan fingerprint density at radius 2 is 1.75 bits per heavy atom. The van der Waals surface area contributed by atoms with Crippen LogP contribution in [0.2, 0.25) is 0 Å². The molecule has 0 atom stereocenters. The maximum atomic E-state index is 5.77. The smallest absolute Gasteiger partial charge is 0.135 e. The highest BCUT2D eigenvalue weighted by molar-refractivity contribution is 9.11. The molecule has 0 saturated carbocycles. The molecule has 0 spiro atoms. The Balaban J connectivity index is 2.58. The van der Waals surface area contributed by atoms with Crippen LogP contribution in [0.3, 0.4) is 0 Å². The van der Waals surface area contributed by atoms with Crippen LogP contribution in [0, 0.1) is 0 Å². The van der Waals surface area contributed by atoms with Crippen molar-refractivity contribution in [2.45, 2.75) is 26.3 Å². The predicted molar refractivity (Wildman–Crippen MR) is 90.8 cm³/mol. The zero-order chi connectivity index (χ0) is 15.3. The first-order valence-electron chi connectivity index (χ1n) is 6.30. The van der Waals surface area contributed by atoms with Gasteiger partial charge in [-0.1, -0.05) is 6.58 Å². The average molecular weight is 407 g/mol. The van der Waals surface area contributed by atoms with Gasteiger partial charge in [-0.2, -0.15) is 0 Å². The molecular formula is C15H21Br2NO2. The Hall–Kier alpha value is -0.520. The van der Waals surface area contributed by atoms with E-state index in [4.69, 9.17) is 9.47 Å². The summed E-state index contributed by atoms with van der Waals surface area (Å²) in [6.45, 7) is 11.6. The van der Waals surface area contributed by atoms with E-state index < -0.39 is 0 Å². The third kappa shape index (κ3) is 5.85. The minimum Gasteiger partial charge on any atom is -0.496 e. The van der Waals surface area contributed by atoms with E-state index in [-0.39, 0.29) is 5.54 Å². The molecule has 0 unspecified atom stereocenters. The topological polar surface area (TPSA) is 30.5 Å². The molecule has 0 heterocycles. The van der Waals surface area contributed by atoms with Crippen LogP contribution in [0.25, 0.3) is 0 Å². The number of hydrogen-bond donors (Lipinski definition) is 1. The summed E-state index contributed by atoms with van der Waals surface area (Å²) < 4.78 is 12.7. The van der Waals surface area contributed by atoms with Crippen molar-refractivity contribution in [3.05, 3.63) is 33.2 Å². The molecule has 5 heteroatoms. The summed E-state index contributed by atoms with van der Waals surface area (Å²) in [6, 6.07) is 3.75. The van der Waals surface area contributed by atoms with E-state index in [1.165, 1.54) is 0 Å². The van der Waals surface area contributed by atoms with Crippen LogP contribution < -0.4 is 14.8 Å². The number of ether oxygens (including phenoxy) is 2. The van der Waals surface area contributed by atoms with E-state index in [1.807, 2.05) is 12.1 Å². The van der Waals surface area contributed by atoms with E-state index in [0.717, 1.165) is 32.6 Å². The summed E-state index contributed by atoms with van der Waals surface area (Å²) in [5.41, 5.74) is 1.07. The minimum atomic E-state index is 0.0761. The van der Waals surface area contributed by atoms with Crippen molar-refractivity contribution in [3.63, 3.8) is 0 Å². The van der Waals surface area contributed by atoms with E-state index in [1.54, 1.807) is 7.11 Å². The summed E-state index contributed by atoms with van der Waals surface area (Å²) in [5.74, 6) is 1.52. The molecule has 112 valence electrons. The number of rotatable bonds is 6. The molecule has 3 nitrogen and oxygen atoms in total. The number of halogens is 2. The van der Waals surface area contributed by atoms with Gasteiger partial charge in [-0.05, 0) is 70.3 Å². The lowest BCUT2D eigenvalue weighted by Crippen LogP contribution is -2.37. The fraction of sp³-hybridized carbons (Fsp3) is 0.467. The fourth-order valence-electron chi connectivity index (χ4n) is 1.40. The lowest BCUT2D eigenvalue weighted by Gasteiger charge is -2.21. The third-order valence-corrected chi connectivity index (χ3v) is 3.75. The summed E-state index contributed by atoms with van der Waals surface area (Å²) in [5, 5.41) is 3.38. The van der Waals surface area contributed by atoms with Crippen LogP contribution in [0.15, 0.2) is 33.2 Å². The molecule has 0 saturated heterocycles. The zero-order valence-electron chi connectivity index (χ0n) is 12.3. The Morgan fingerprint density at radius 1 is 1.20 bits per heavy atom. The fourth-order valence-corrected chi connectivity index (χ4v) is 2.32. The normalized spacial score (nSPS) is 11.3. The molecule has 0 fully saturated rings. The van der Waals surface area contributed by atoms with Crippen LogP contribution in [0.4, 0.5) is 0 Å². The second-order valence-corrected chi connectivity index (χ2v) is 7.27. The van der Waals surface area contributed by atoms with E-state index in [0.29, 0.717) is 6.61 Å². The molecule has 1 rings (SSSR count). The lowest BCUT2D eigenvalue weighted by atomic mass is 10.1. The molecule has 0 bridgehead atoms. The maximum absolute atomic E-state index is 5.77. The summed E-state index contributed by atoms with van der Waals surface area (Å²) in [6.07, 6.45) is 0. The van der Waals surface area contributed by atoms with E-state index in [2.05, 4.69) is 64.5 Å². The zero-order valence-corrected chi connectivity index (χ0v) is 15.5. The standard InChI is InChI=1S/C15H21Br2NO2/c1-10(8-18-15(2,3)4)9-20-14-7-11(16)13(19-5)6-12(14)17/h6-7,18H,1,8-9H2,2-5H3. The van der Waals surface area contributed by atoms with Crippen molar-refractivity contribution in [2.24, 2.45) is 0 Å². The highest BCUT2D eigenvalue weighted by Gasteiger charge is 2.11. The molecule has 0 radical (unpaired) electrons. The van der Waals surface area contributed by atoms with Gasteiger partial charge >= 0.3 is 0 Å². The summed E-state index contributed by atoms with van der Waals surface area (Å²) >= 11 is 6.92. The van der Waals surface area contributed by atoms with Crippen LogP contribution in [-0.4, -0.2) is 25.8 Å². The molecule has 1 aromatic carbocycles. The van der Waals surface area contributed by atoms with Crippen molar-refractivity contribution in [3.8, 4) is 11.5 Å². The van der Waals surface area contributed by atoms with E-state index in [9.17, 15) is 0 Å².